The van der Waals surface area contributed by atoms with Gasteiger partial charge in [-0.05, 0) is 19.1 Å². The van der Waals surface area contributed by atoms with Gasteiger partial charge in [-0.1, -0.05) is 12.1 Å². The molecule has 0 atom stereocenters. The van der Waals surface area contributed by atoms with E-state index in [1.807, 2.05) is 0 Å². The number of nitriles is 2. The maximum atomic E-state index is 10.6. The Morgan fingerprint density at radius 1 is 1.35 bits per heavy atom. The van der Waals surface area contributed by atoms with Crippen LogP contribution in [0.25, 0.3) is 6.08 Å². The number of hydrogen-bond acceptors (Lipinski definition) is 5. The van der Waals surface area contributed by atoms with Gasteiger partial charge in [0.2, 0.25) is 0 Å². The van der Waals surface area contributed by atoms with E-state index in [2.05, 4.69) is 0 Å². The molecule has 102 valence electrons. The van der Waals surface area contributed by atoms with Crippen molar-refractivity contribution in [3.8, 4) is 23.6 Å². The maximum absolute atomic E-state index is 10.6. The Morgan fingerprint density at radius 2 is 2.05 bits per heavy atom. The first-order chi connectivity index (χ1) is 9.62. The average molecular weight is 272 g/mol. The summed E-state index contributed by atoms with van der Waals surface area (Å²) in [6, 6.07) is 8.35. The molecular weight excluding hydrogens is 260 g/mol. The molecule has 0 heterocycles. The normalized spacial score (nSPS) is 8.95. The van der Waals surface area contributed by atoms with Crippen molar-refractivity contribution >= 4 is 12.0 Å². The lowest BCUT2D eigenvalue weighted by atomic mass is 10.1. The van der Waals surface area contributed by atoms with Crippen molar-refractivity contribution in [2.24, 2.45) is 0 Å². The SMILES string of the molecule is CCOc1cccc(C=C(C#N)C#N)c1OCC(=O)O. The van der Waals surface area contributed by atoms with Crippen LogP contribution < -0.4 is 9.47 Å². The third-order valence-corrected chi connectivity index (χ3v) is 2.19. The van der Waals surface area contributed by atoms with Gasteiger partial charge in [0.1, 0.15) is 17.7 Å². The van der Waals surface area contributed by atoms with E-state index in [1.54, 1.807) is 37.3 Å². The third kappa shape index (κ3) is 4.04. The second kappa shape index (κ2) is 7.45. The molecule has 1 N–H and O–H groups in total. The molecule has 0 aliphatic rings. The fraction of sp³-hybridized carbons (Fsp3) is 0.214. The van der Waals surface area contributed by atoms with Gasteiger partial charge in [-0.25, -0.2) is 4.79 Å². The molecule has 0 unspecified atom stereocenters. The van der Waals surface area contributed by atoms with Gasteiger partial charge in [0, 0.05) is 5.56 Å². The van der Waals surface area contributed by atoms with E-state index in [-0.39, 0.29) is 11.3 Å². The maximum Gasteiger partial charge on any atom is 0.341 e. The topological polar surface area (TPSA) is 103 Å². The van der Waals surface area contributed by atoms with E-state index in [1.165, 1.54) is 6.08 Å². The van der Waals surface area contributed by atoms with Crippen molar-refractivity contribution in [1.82, 2.24) is 0 Å². The van der Waals surface area contributed by atoms with Gasteiger partial charge in [-0.3, -0.25) is 0 Å². The number of carbonyl (C=O) groups is 1. The second-order valence-corrected chi connectivity index (χ2v) is 3.57. The number of nitrogens with zero attached hydrogens (tertiary/aromatic N) is 2. The van der Waals surface area contributed by atoms with Gasteiger partial charge in [0.05, 0.1) is 6.61 Å². The summed E-state index contributed by atoms with van der Waals surface area (Å²) in [5.41, 5.74) is 0.300. The zero-order chi connectivity index (χ0) is 15.0. The molecule has 0 radical (unpaired) electrons. The van der Waals surface area contributed by atoms with E-state index >= 15 is 0 Å². The first kappa shape index (κ1) is 15.1. The molecule has 20 heavy (non-hydrogen) atoms. The number of allylic oxidation sites excluding steroid dienone is 1. The summed E-state index contributed by atoms with van der Waals surface area (Å²) in [4.78, 5) is 10.6. The number of ether oxygens (including phenoxy) is 2. The number of rotatable bonds is 6. The highest BCUT2D eigenvalue weighted by Crippen LogP contribution is 2.32. The summed E-state index contributed by atoms with van der Waals surface area (Å²) in [6.07, 6.45) is 1.32. The molecule has 0 aliphatic heterocycles. The highest BCUT2D eigenvalue weighted by molar-refractivity contribution is 5.71. The molecule has 0 fully saturated rings. The molecule has 0 saturated heterocycles. The van der Waals surface area contributed by atoms with Crippen LogP contribution in [0.1, 0.15) is 12.5 Å². The summed E-state index contributed by atoms with van der Waals surface area (Å²) in [5, 5.41) is 26.2. The third-order valence-electron chi connectivity index (χ3n) is 2.19. The van der Waals surface area contributed by atoms with E-state index in [0.717, 1.165) is 0 Å². The zero-order valence-corrected chi connectivity index (χ0v) is 10.8. The fourth-order valence-electron chi connectivity index (χ4n) is 1.45. The molecule has 0 saturated carbocycles. The van der Waals surface area contributed by atoms with E-state index < -0.39 is 12.6 Å². The predicted octanol–water partition coefficient (Wildman–Crippen LogP) is 1.98. The van der Waals surface area contributed by atoms with Gasteiger partial charge in [-0.15, -0.1) is 0 Å². The first-order valence-electron chi connectivity index (χ1n) is 5.74. The Bertz CT molecular complexity index is 593. The van der Waals surface area contributed by atoms with Crippen molar-refractivity contribution in [2.75, 3.05) is 13.2 Å². The van der Waals surface area contributed by atoms with Gasteiger partial charge in [0.25, 0.3) is 0 Å². The molecule has 0 aliphatic carbocycles. The zero-order valence-electron chi connectivity index (χ0n) is 10.8. The minimum Gasteiger partial charge on any atom is -0.490 e. The molecule has 0 aromatic heterocycles. The van der Waals surface area contributed by atoms with Crippen LogP contribution in [0.15, 0.2) is 23.8 Å². The Morgan fingerprint density at radius 3 is 2.60 bits per heavy atom. The summed E-state index contributed by atoms with van der Waals surface area (Å²) >= 11 is 0. The lowest BCUT2D eigenvalue weighted by molar-refractivity contribution is -0.139. The van der Waals surface area contributed by atoms with Crippen LogP contribution in [0.5, 0.6) is 11.5 Å². The minimum absolute atomic E-state index is 0.112. The standard InChI is InChI=1S/C14H12N2O4/c1-2-19-12-5-3-4-11(6-10(7-15)8-16)14(12)20-9-13(17)18/h3-6H,2,9H2,1H3,(H,17,18). The molecule has 1 aromatic carbocycles. The fourth-order valence-corrected chi connectivity index (χ4v) is 1.45. The summed E-state index contributed by atoms with van der Waals surface area (Å²) in [7, 11) is 0. The summed E-state index contributed by atoms with van der Waals surface area (Å²) in [5.74, 6) is -0.579. The Balaban J connectivity index is 3.25. The molecule has 6 heteroatoms. The second-order valence-electron chi connectivity index (χ2n) is 3.57. The van der Waals surface area contributed by atoms with Crippen LogP contribution in [0.4, 0.5) is 0 Å². The molecule has 0 spiro atoms. The van der Waals surface area contributed by atoms with Crippen molar-refractivity contribution in [3.05, 3.63) is 29.3 Å². The van der Waals surface area contributed by atoms with Crippen LogP contribution in [0, 0.1) is 22.7 Å². The average Bonchev–Trinajstić information content (AvgIpc) is 2.43. The molecule has 0 amide bonds. The van der Waals surface area contributed by atoms with Gasteiger partial charge < -0.3 is 14.6 Å². The molecular formula is C14H12N2O4. The summed E-state index contributed by atoms with van der Waals surface area (Å²) in [6.45, 7) is 1.61. The lowest BCUT2D eigenvalue weighted by Crippen LogP contribution is -2.11. The van der Waals surface area contributed by atoms with Gasteiger partial charge in [-0.2, -0.15) is 10.5 Å². The van der Waals surface area contributed by atoms with Crippen LogP contribution in [0.2, 0.25) is 0 Å². The lowest BCUT2D eigenvalue weighted by Gasteiger charge is -2.13. The minimum atomic E-state index is -1.13. The van der Waals surface area contributed by atoms with Crippen molar-refractivity contribution in [1.29, 1.82) is 10.5 Å². The number of carboxylic acid groups (broad SMARTS) is 1. The van der Waals surface area contributed by atoms with E-state index in [0.29, 0.717) is 17.9 Å². The van der Waals surface area contributed by atoms with Crippen molar-refractivity contribution in [2.45, 2.75) is 6.92 Å². The summed E-state index contributed by atoms with van der Waals surface area (Å²) < 4.78 is 10.5. The molecule has 0 bridgehead atoms. The van der Waals surface area contributed by atoms with Crippen LogP contribution in [0.3, 0.4) is 0 Å². The quantitative estimate of drug-likeness (QED) is 0.794. The van der Waals surface area contributed by atoms with E-state index in [4.69, 9.17) is 25.1 Å². The van der Waals surface area contributed by atoms with Crippen molar-refractivity contribution < 1.29 is 19.4 Å². The number of benzene rings is 1. The smallest absolute Gasteiger partial charge is 0.341 e. The van der Waals surface area contributed by atoms with Crippen molar-refractivity contribution in [3.63, 3.8) is 0 Å². The molecule has 1 rings (SSSR count). The largest absolute Gasteiger partial charge is 0.490 e. The monoisotopic (exact) mass is 272 g/mol. The van der Waals surface area contributed by atoms with Crippen LogP contribution in [-0.4, -0.2) is 24.3 Å². The van der Waals surface area contributed by atoms with Gasteiger partial charge >= 0.3 is 5.97 Å². The highest BCUT2D eigenvalue weighted by Gasteiger charge is 2.12. The Labute approximate surface area is 116 Å². The number of hydrogen-bond donors (Lipinski definition) is 1. The number of carboxylic acids is 1. The van der Waals surface area contributed by atoms with E-state index in [9.17, 15) is 4.79 Å². The number of aliphatic carboxylic acids is 1. The molecule has 6 nitrogen and oxygen atoms in total. The number of para-hydroxylation sites is 1. The molecule has 1 aromatic rings. The van der Waals surface area contributed by atoms with Crippen LogP contribution in [-0.2, 0) is 4.79 Å². The van der Waals surface area contributed by atoms with Gasteiger partial charge in [0.15, 0.2) is 18.1 Å². The van der Waals surface area contributed by atoms with Crippen LogP contribution >= 0.6 is 0 Å². The predicted molar refractivity (Wildman–Crippen MR) is 69.9 cm³/mol. The first-order valence-corrected chi connectivity index (χ1v) is 5.74. The highest BCUT2D eigenvalue weighted by atomic mass is 16.5. The Hall–Kier alpha value is -2.99. The Kier molecular flexibility index (Phi) is 5.61.